The normalized spacial score (nSPS) is 18.9. The summed E-state index contributed by atoms with van der Waals surface area (Å²) in [5.74, 6) is 3.48. The van der Waals surface area contributed by atoms with Gasteiger partial charge >= 0.3 is 0 Å². The number of hydrogen-bond acceptors (Lipinski definition) is 5. The maximum absolute atomic E-state index is 5.50. The van der Waals surface area contributed by atoms with Crippen molar-refractivity contribution in [1.82, 2.24) is 30.3 Å². The third kappa shape index (κ3) is 6.02. The zero-order valence-electron chi connectivity index (χ0n) is 16.8. The van der Waals surface area contributed by atoms with E-state index >= 15 is 0 Å². The van der Waals surface area contributed by atoms with Crippen molar-refractivity contribution in [2.45, 2.75) is 52.7 Å². The fraction of sp³-hybridized carbons (Fsp3) is 0.833. The van der Waals surface area contributed by atoms with Crippen molar-refractivity contribution in [3.05, 3.63) is 11.6 Å². The van der Waals surface area contributed by atoms with Crippen LogP contribution in [0.15, 0.2) is 4.99 Å². The van der Waals surface area contributed by atoms with Gasteiger partial charge in [-0.15, -0.1) is 34.2 Å². The zero-order valence-corrected chi connectivity index (χ0v) is 19.1. The number of hydrogen-bond donors (Lipinski definition) is 2. The van der Waals surface area contributed by atoms with Gasteiger partial charge in [-0.1, -0.05) is 13.8 Å². The Morgan fingerprint density at radius 3 is 2.67 bits per heavy atom. The van der Waals surface area contributed by atoms with Gasteiger partial charge in [-0.25, -0.2) is 4.99 Å². The molecule has 2 N–H and O–H groups in total. The first-order valence-corrected chi connectivity index (χ1v) is 9.94. The van der Waals surface area contributed by atoms with Gasteiger partial charge in [-0.2, -0.15) is 0 Å². The van der Waals surface area contributed by atoms with Crippen LogP contribution in [0, 0.1) is 5.92 Å². The summed E-state index contributed by atoms with van der Waals surface area (Å²) in [6.45, 7) is 13.6. The quantitative estimate of drug-likeness (QED) is 0.340. The van der Waals surface area contributed by atoms with E-state index in [0.717, 1.165) is 76.4 Å². The predicted octanol–water partition coefficient (Wildman–Crippen LogP) is 1.25. The second kappa shape index (κ2) is 11.2. The topological polar surface area (TPSA) is 79.6 Å². The van der Waals surface area contributed by atoms with Crippen molar-refractivity contribution in [2.75, 3.05) is 39.4 Å². The Morgan fingerprint density at radius 1 is 1.19 bits per heavy atom. The maximum Gasteiger partial charge on any atom is 0.191 e. The largest absolute Gasteiger partial charge is 0.379 e. The number of aromatic nitrogens is 3. The minimum absolute atomic E-state index is 0. The molecule has 0 aliphatic carbocycles. The molecule has 8 nitrogen and oxygen atoms in total. The van der Waals surface area contributed by atoms with Crippen LogP contribution in [-0.2, 0) is 24.2 Å². The smallest absolute Gasteiger partial charge is 0.191 e. The Balaban J connectivity index is 0.00000261. The Kier molecular flexibility index (Phi) is 9.24. The third-order valence-electron chi connectivity index (χ3n) is 5.17. The van der Waals surface area contributed by atoms with E-state index in [1.807, 2.05) is 0 Å². The van der Waals surface area contributed by atoms with Crippen molar-refractivity contribution in [2.24, 2.45) is 10.9 Å². The van der Waals surface area contributed by atoms with Crippen molar-refractivity contribution in [3.8, 4) is 0 Å². The monoisotopic (exact) mass is 491 g/mol. The van der Waals surface area contributed by atoms with Crippen LogP contribution in [0.2, 0.25) is 0 Å². The number of guanidine groups is 1. The van der Waals surface area contributed by atoms with Gasteiger partial charge in [-0.3, -0.25) is 4.90 Å². The van der Waals surface area contributed by atoms with E-state index in [-0.39, 0.29) is 24.0 Å². The molecule has 0 bridgehead atoms. The third-order valence-corrected chi connectivity index (χ3v) is 5.17. The van der Waals surface area contributed by atoms with Crippen LogP contribution in [0.1, 0.15) is 38.8 Å². The number of nitrogens with one attached hydrogen (secondary N) is 2. The van der Waals surface area contributed by atoms with Gasteiger partial charge in [-0.05, 0) is 19.3 Å². The van der Waals surface area contributed by atoms with Crippen molar-refractivity contribution in [1.29, 1.82) is 0 Å². The first-order chi connectivity index (χ1) is 12.7. The average molecular weight is 491 g/mol. The lowest BCUT2D eigenvalue weighted by Gasteiger charge is -2.37. The molecule has 0 spiro atoms. The Bertz CT molecular complexity index is 599. The first kappa shape index (κ1) is 22.4. The summed E-state index contributed by atoms with van der Waals surface area (Å²) in [4.78, 5) is 7.26. The number of aryl methyl sites for hydroxylation is 1. The second-order valence-corrected chi connectivity index (χ2v) is 7.32. The fourth-order valence-electron chi connectivity index (χ4n) is 3.72. The molecule has 9 heteroatoms. The molecule has 27 heavy (non-hydrogen) atoms. The SMILES string of the molecule is CCNC(=NCc1nnc2n1CCC2)NCC(C(C)C)N1CCOCC1.I. The number of aliphatic imine (C=N–C) groups is 1. The Morgan fingerprint density at radius 2 is 1.96 bits per heavy atom. The standard InChI is InChI=1S/C18H33N7O.HI/c1-4-19-18(21-13-17-23-22-16-6-5-7-25(16)17)20-12-15(14(2)3)24-8-10-26-11-9-24;/h14-15H,4-13H2,1-3H3,(H2,19,20,21);1H. The maximum atomic E-state index is 5.50. The summed E-state index contributed by atoms with van der Waals surface area (Å²) in [6.07, 6.45) is 2.19. The molecule has 1 atom stereocenters. The fourth-order valence-corrected chi connectivity index (χ4v) is 3.72. The van der Waals surface area contributed by atoms with Crippen LogP contribution in [0.5, 0.6) is 0 Å². The van der Waals surface area contributed by atoms with Crippen LogP contribution in [0.3, 0.4) is 0 Å². The van der Waals surface area contributed by atoms with Gasteiger partial charge < -0.3 is 19.9 Å². The van der Waals surface area contributed by atoms with Gasteiger partial charge in [0.15, 0.2) is 11.8 Å². The van der Waals surface area contributed by atoms with E-state index in [0.29, 0.717) is 18.5 Å². The minimum Gasteiger partial charge on any atom is -0.379 e. The van der Waals surface area contributed by atoms with Gasteiger partial charge in [0.25, 0.3) is 0 Å². The second-order valence-electron chi connectivity index (χ2n) is 7.32. The molecule has 3 heterocycles. The molecule has 1 fully saturated rings. The van der Waals surface area contributed by atoms with Gasteiger partial charge in [0.05, 0.1) is 13.2 Å². The number of nitrogens with zero attached hydrogens (tertiary/aromatic N) is 5. The molecule has 3 rings (SSSR count). The highest BCUT2D eigenvalue weighted by atomic mass is 127. The molecular formula is C18H34IN7O. The molecule has 1 unspecified atom stereocenters. The van der Waals surface area contributed by atoms with Crippen LogP contribution < -0.4 is 10.6 Å². The van der Waals surface area contributed by atoms with Gasteiger partial charge in [0.1, 0.15) is 12.4 Å². The highest BCUT2D eigenvalue weighted by Gasteiger charge is 2.24. The van der Waals surface area contributed by atoms with Crippen LogP contribution >= 0.6 is 24.0 Å². The van der Waals surface area contributed by atoms with E-state index in [1.54, 1.807) is 0 Å². The molecule has 1 saturated heterocycles. The molecule has 1 aromatic rings. The highest BCUT2D eigenvalue weighted by molar-refractivity contribution is 14.0. The Hall–Kier alpha value is -0.940. The van der Waals surface area contributed by atoms with Crippen LogP contribution in [0.25, 0.3) is 0 Å². The van der Waals surface area contributed by atoms with E-state index in [9.17, 15) is 0 Å². The van der Waals surface area contributed by atoms with Crippen LogP contribution in [-0.4, -0.2) is 71.1 Å². The summed E-state index contributed by atoms with van der Waals surface area (Å²) in [6, 6.07) is 0.472. The van der Waals surface area contributed by atoms with E-state index in [2.05, 4.69) is 51.1 Å². The van der Waals surface area contributed by atoms with Crippen LogP contribution in [0.4, 0.5) is 0 Å². The predicted molar refractivity (Wildman–Crippen MR) is 118 cm³/mol. The summed E-state index contributed by atoms with van der Waals surface area (Å²) >= 11 is 0. The Labute approximate surface area is 179 Å². The first-order valence-electron chi connectivity index (χ1n) is 9.94. The number of ether oxygens (including phenoxy) is 1. The lowest BCUT2D eigenvalue weighted by molar-refractivity contribution is 0.00752. The average Bonchev–Trinajstić information content (AvgIpc) is 3.24. The van der Waals surface area contributed by atoms with Crippen molar-refractivity contribution < 1.29 is 4.74 Å². The molecular weight excluding hydrogens is 457 g/mol. The van der Waals surface area contributed by atoms with Gasteiger partial charge in [0, 0.05) is 45.2 Å². The lowest BCUT2D eigenvalue weighted by atomic mass is 10.0. The van der Waals surface area contributed by atoms with Gasteiger partial charge in [0.2, 0.25) is 0 Å². The lowest BCUT2D eigenvalue weighted by Crippen LogP contribution is -2.52. The van der Waals surface area contributed by atoms with E-state index < -0.39 is 0 Å². The number of halogens is 1. The number of rotatable bonds is 7. The molecule has 0 radical (unpaired) electrons. The minimum atomic E-state index is 0. The summed E-state index contributed by atoms with van der Waals surface area (Å²) in [5.41, 5.74) is 0. The summed E-state index contributed by atoms with van der Waals surface area (Å²) in [7, 11) is 0. The molecule has 0 saturated carbocycles. The number of fused-ring (bicyclic) bond motifs is 1. The molecule has 2 aliphatic rings. The molecule has 0 amide bonds. The van der Waals surface area contributed by atoms with Crippen molar-refractivity contribution in [3.63, 3.8) is 0 Å². The number of morpholine rings is 1. The van der Waals surface area contributed by atoms with E-state index in [4.69, 9.17) is 9.73 Å². The molecule has 154 valence electrons. The summed E-state index contributed by atoms with van der Waals surface area (Å²) < 4.78 is 7.70. The highest BCUT2D eigenvalue weighted by Crippen LogP contribution is 2.15. The molecule has 1 aromatic heterocycles. The zero-order chi connectivity index (χ0) is 18.4. The van der Waals surface area contributed by atoms with E-state index in [1.165, 1.54) is 0 Å². The summed E-state index contributed by atoms with van der Waals surface area (Å²) in [5, 5.41) is 15.4. The van der Waals surface area contributed by atoms with Crippen molar-refractivity contribution >= 4 is 29.9 Å². The molecule has 0 aromatic carbocycles. The molecule has 2 aliphatic heterocycles.